The second kappa shape index (κ2) is 35.2. The second-order valence-electron chi connectivity index (χ2n) is 29.7. The molecule has 9 N–H and O–H groups in total. The Bertz CT molecular complexity index is 5150. The molecule has 115 heavy (non-hydrogen) atoms. The largest absolute Gasteiger partial charge is 0.387 e. The van der Waals surface area contributed by atoms with Gasteiger partial charge in [-0.2, -0.15) is 4.98 Å². The molecule has 47 nitrogen and oxygen atoms in total. The highest BCUT2D eigenvalue weighted by molar-refractivity contribution is 7.57. The van der Waals surface area contributed by atoms with Crippen LogP contribution in [0.15, 0.2) is 72.6 Å². The van der Waals surface area contributed by atoms with Crippen molar-refractivity contribution in [3.05, 3.63) is 113 Å². The molecule has 0 bridgehead atoms. The standard InChI is InChI=1S/C63H101N26O21P5/c1-38(2)111(96,76(5)6)101-31-42-22-82(27-51(108-42)86-20-39(3)59(91)74-62(86)94)114(99,79(11)12)103-32-43-23-81(26-50(107-43)85-16-15-47(64)73-61(85)93)113(98,78(9)10)104-33-44-24-83(28-52(109-44)87-21-40(4)60(92)75-63(87)95)115(100,80(13)14)105-34-45-25-84(29-53(110-45)89-37-71-55-56(66)68-35-69-57(55)89)112(97,77(7)8)102-30-41-18-67-19-49(106-41)88-36-70-54-46(90)17-48(65)72-58(54)88/h15-16,20-21,35-38,41-45,49-53,67H,17-19,22-34H2,1-14H3,(H2,65,72)(H2,64,73,93)(H2,66,68,69)(H,74,91,94)(H,75,92,95)/t41-,42-,43-,44-,45-,49+,50+,51+,52+,53+,111?,112?,113?,114?,115?/m0/s1. The van der Waals surface area contributed by atoms with E-state index in [2.05, 4.69) is 45.2 Å². The first-order valence-electron chi connectivity index (χ1n) is 36.7. The van der Waals surface area contributed by atoms with Gasteiger partial charge in [0, 0.05) is 74.6 Å². The van der Waals surface area contributed by atoms with E-state index in [1.807, 2.05) is 0 Å². The van der Waals surface area contributed by atoms with Crippen LogP contribution in [0.25, 0.3) is 11.2 Å². The van der Waals surface area contributed by atoms with Crippen LogP contribution in [0.5, 0.6) is 0 Å². The molecule has 6 aliphatic rings. The predicted molar refractivity (Wildman–Crippen MR) is 417 cm³/mol. The van der Waals surface area contributed by atoms with Crippen LogP contribution >= 0.6 is 38.2 Å². The lowest BCUT2D eigenvalue weighted by molar-refractivity contribution is -0.132. The molecular formula is C63H101N26O21P5. The van der Waals surface area contributed by atoms with E-state index in [0.29, 0.717) is 6.54 Å². The monoisotopic (exact) mass is 1710 g/mol. The number of nitrogen functional groups attached to an aromatic ring is 2. The number of amidine groups is 1. The van der Waals surface area contributed by atoms with Crippen LogP contribution in [0, 0.1) is 13.8 Å². The molecule has 634 valence electrons. The molecule has 6 aliphatic heterocycles. The highest BCUT2D eigenvalue weighted by Crippen LogP contribution is 2.60. The summed E-state index contributed by atoms with van der Waals surface area (Å²) < 4.78 is 163. The minimum atomic E-state index is -4.46. The Morgan fingerprint density at radius 3 is 1.36 bits per heavy atom. The normalized spacial score (nSPS) is 26.6. The molecule has 15 atom stereocenters. The maximum Gasteiger partial charge on any atom is 0.351 e. The number of imidazole rings is 2. The van der Waals surface area contributed by atoms with E-state index < -0.39 is 154 Å². The number of nitrogens with two attached hydrogens (primary N) is 3. The summed E-state index contributed by atoms with van der Waals surface area (Å²) in [5.74, 6) is 0.0533. The van der Waals surface area contributed by atoms with E-state index in [9.17, 15) is 33.3 Å². The van der Waals surface area contributed by atoms with Gasteiger partial charge >= 0.3 is 47.8 Å². The van der Waals surface area contributed by atoms with Gasteiger partial charge in [0.15, 0.2) is 47.4 Å². The number of aromatic nitrogens is 12. The Labute approximate surface area is 659 Å². The van der Waals surface area contributed by atoms with Gasteiger partial charge in [0.05, 0.1) is 109 Å². The number of nitrogens with one attached hydrogen (secondary N) is 3. The number of hydrogen-bond donors (Lipinski definition) is 6. The van der Waals surface area contributed by atoms with Crippen LogP contribution in [0.3, 0.4) is 0 Å². The molecule has 5 unspecified atom stereocenters. The number of fused-ring (bicyclic) bond motifs is 2. The summed E-state index contributed by atoms with van der Waals surface area (Å²) >= 11 is 0. The summed E-state index contributed by atoms with van der Waals surface area (Å²) in [6.07, 6.45) is -2.98. The fourth-order valence-corrected chi connectivity index (χ4v) is 23.8. The molecule has 52 heteroatoms. The van der Waals surface area contributed by atoms with Crippen LogP contribution in [-0.2, 0) is 69.1 Å². The lowest BCUT2D eigenvalue weighted by Crippen LogP contribution is -2.52. The lowest BCUT2D eigenvalue weighted by atomic mass is 10.1. The average molecular weight is 1710 g/mol. The highest BCUT2D eigenvalue weighted by Gasteiger charge is 2.51. The number of carbonyl (C=O) groups is 1. The lowest BCUT2D eigenvalue weighted by Gasteiger charge is -2.46. The zero-order chi connectivity index (χ0) is 83.3. The van der Waals surface area contributed by atoms with Crippen LogP contribution in [-0.4, -0.2) is 317 Å². The number of ketones is 1. The Balaban J connectivity index is 0.812. The first kappa shape index (κ1) is 87.4. The summed E-state index contributed by atoms with van der Waals surface area (Å²) in [6, 6.07) is 1.36. The van der Waals surface area contributed by atoms with Gasteiger partial charge in [0.1, 0.15) is 36.0 Å². The van der Waals surface area contributed by atoms with E-state index in [4.69, 9.17) is 63.5 Å². The van der Waals surface area contributed by atoms with E-state index in [1.165, 1.54) is 137 Å². The Hall–Kier alpha value is -6.91. The van der Waals surface area contributed by atoms with Gasteiger partial charge in [-0.3, -0.25) is 70.0 Å². The molecule has 6 aromatic heterocycles. The van der Waals surface area contributed by atoms with Crippen molar-refractivity contribution in [3.8, 4) is 0 Å². The number of Topliss-reactive ketones (excluding diaryl/α,β-unsaturated/α-hetero) is 1. The Morgan fingerprint density at radius 1 is 0.504 bits per heavy atom. The molecule has 5 fully saturated rings. The Kier molecular flexibility index (Phi) is 26.7. The molecule has 12 heterocycles. The van der Waals surface area contributed by atoms with Crippen LogP contribution in [0.1, 0.15) is 73.0 Å². The molecule has 12 rings (SSSR count). The fourth-order valence-electron chi connectivity index (χ4n) is 14.0. The van der Waals surface area contributed by atoms with E-state index >= 15 is 18.3 Å². The third-order valence-corrected chi connectivity index (χ3v) is 33.2. The van der Waals surface area contributed by atoms with Gasteiger partial charge in [-0.05, 0) is 90.4 Å². The van der Waals surface area contributed by atoms with Gasteiger partial charge < -0.3 is 68.8 Å². The molecule has 0 amide bonds. The van der Waals surface area contributed by atoms with Gasteiger partial charge in [0.2, 0.25) is 0 Å². The van der Waals surface area contributed by atoms with E-state index in [-0.39, 0.29) is 136 Å². The molecule has 5 saturated heterocycles. The minimum Gasteiger partial charge on any atom is -0.387 e. The quantitative estimate of drug-likeness (QED) is 0.0337. The SMILES string of the molecule is Cc1cn([C@H]2CN(P(=O)(OC[C@@H]3CN(P(=O)(OC[C@@H]4CN(P(=O)(OC[C@@H]5CN(P(=O)(OC[C@@H]6CNC[C@H](n7cnc8c7N=C(N)CC8=O)O6)N(C)C)C[C@H](n6cnc7c(N)ncnc76)O5)N(C)C)C[C@H](n5cc(C)c(=O)[nH]c5=O)O4)N(C)C)C[C@H](n4ccc(N)nc4=O)O3)N(C)C)C[C@@H](COP(=O)(C(C)C)N(C)C)O2)c(=O)[nH]c1=O. The Morgan fingerprint density at radius 2 is 0.922 bits per heavy atom. The number of aryl methyl sites for hydroxylation is 2. The number of morpholine rings is 5. The van der Waals surface area contributed by atoms with Crippen molar-refractivity contribution in [2.45, 2.75) is 101 Å². The highest BCUT2D eigenvalue weighted by atomic mass is 31.2. The van der Waals surface area contributed by atoms with Crippen molar-refractivity contribution in [1.82, 2.24) is 105 Å². The molecule has 0 saturated carbocycles. The zero-order valence-corrected chi connectivity index (χ0v) is 70.7. The van der Waals surface area contributed by atoms with E-state index in [0.717, 1.165) is 13.7 Å². The smallest absolute Gasteiger partial charge is 0.351 e. The van der Waals surface area contributed by atoms with Crippen molar-refractivity contribution < 1.29 is 73.9 Å². The summed E-state index contributed by atoms with van der Waals surface area (Å²) in [7, 11) is -5.47. The number of aliphatic imine (C=N–C) groups is 1. The first-order valence-corrected chi connectivity index (χ1v) is 44.5. The molecule has 0 spiro atoms. The predicted octanol–water partition coefficient (Wildman–Crippen LogP) is 0.646. The average Bonchev–Trinajstić information content (AvgIpc) is 1.04. The van der Waals surface area contributed by atoms with Gasteiger partial charge in [-0.25, -0.2) is 81.3 Å². The summed E-state index contributed by atoms with van der Waals surface area (Å²) in [5, 5.41) is 3.31. The fraction of sp³-hybridized carbons (Fsp3) is 0.651. The number of anilines is 2. The zero-order valence-electron chi connectivity index (χ0n) is 66.2. The summed E-state index contributed by atoms with van der Waals surface area (Å²) in [6.45, 7) is 2.91. The number of rotatable bonds is 30. The molecular weight excluding hydrogens is 1610 g/mol. The number of aromatic amines is 2. The number of H-pyrrole nitrogens is 2. The number of hydrogen-bond acceptors (Lipinski definition) is 31. The number of carbonyl (C=O) groups excluding carboxylic acids is 1. The van der Waals surface area contributed by atoms with Crippen LogP contribution in [0.4, 0.5) is 17.5 Å². The van der Waals surface area contributed by atoms with Gasteiger partial charge in [-0.15, -0.1) is 0 Å². The second-order valence-corrected chi connectivity index (χ2v) is 43.3. The third-order valence-electron chi connectivity index (χ3n) is 20.1. The third kappa shape index (κ3) is 18.3. The van der Waals surface area contributed by atoms with Crippen molar-refractivity contribution in [2.75, 3.05) is 180 Å². The molecule has 0 aromatic carbocycles. The number of nitrogens with zero attached hydrogens (tertiary/aromatic N) is 20. The van der Waals surface area contributed by atoms with Crippen molar-refractivity contribution in [1.29, 1.82) is 0 Å². The molecule has 6 aromatic rings. The molecule has 0 radical (unpaired) electrons. The first-order chi connectivity index (χ1) is 54.2. The topological polar surface area (TPSA) is 532 Å². The summed E-state index contributed by atoms with van der Waals surface area (Å²) in [4.78, 5) is 110. The van der Waals surface area contributed by atoms with Gasteiger partial charge in [0.25, 0.3) is 18.6 Å². The van der Waals surface area contributed by atoms with Crippen molar-refractivity contribution in [3.63, 3.8) is 0 Å². The van der Waals surface area contributed by atoms with Crippen molar-refractivity contribution >= 4 is 78.4 Å². The summed E-state index contributed by atoms with van der Waals surface area (Å²) in [5.41, 5.74) is 14.9. The van der Waals surface area contributed by atoms with Crippen LogP contribution in [0.2, 0.25) is 0 Å². The maximum absolute atomic E-state index is 16.3. The molecule has 0 aliphatic carbocycles. The van der Waals surface area contributed by atoms with Crippen molar-refractivity contribution in [2.24, 2.45) is 10.7 Å². The minimum absolute atomic E-state index is 0.0701. The maximum atomic E-state index is 16.3. The van der Waals surface area contributed by atoms with E-state index in [1.54, 1.807) is 55.8 Å². The number of ether oxygens (including phenoxy) is 5. The van der Waals surface area contributed by atoms with Crippen LogP contribution < -0.4 is 50.7 Å². The van der Waals surface area contributed by atoms with Gasteiger partial charge in [-0.1, -0.05) is 13.8 Å².